The van der Waals surface area contributed by atoms with Crippen LogP contribution in [0.15, 0.2) is 42.0 Å². The third kappa shape index (κ3) is 4.80. The van der Waals surface area contributed by atoms with Gasteiger partial charge in [0.1, 0.15) is 18.8 Å². The summed E-state index contributed by atoms with van der Waals surface area (Å²) in [5.74, 6) is -0.205. The first-order chi connectivity index (χ1) is 13.0. The van der Waals surface area contributed by atoms with Crippen LogP contribution in [-0.4, -0.2) is 44.4 Å². The number of hydrogen-bond acceptors (Lipinski definition) is 6. The van der Waals surface area contributed by atoms with E-state index < -0.39 is 20.5 Å². The van der Waals surface area contributed by atoms with Crippen molar-refractivity contribution in [3.8, 4) is 0 Å². The van der Waals surface area contributed by atoms with Crippen molar-refractivity contribution >= 4 is 19.9 Å². The third-order valence-electron chi connectivity index (χ3n) is 5.36. The van der Waals surface area contributed by atoms with Crippen LogP contribution in [0.4, 0.5) is 0 Å². The predicted molar refractivity (Wildman–Crippen MR) is 111 cm³/mol. The zero-order valence-corrected chi connectivity index (χ0v) is 18.8. The first-order valence-electron chi connectivity index (χ1n) is 9.33. The fourth-order valence-electron chi connectivity index (χ4n) is 2.71. The van der Waals surface area contributed by atoms with Crippen molar-refractivity contribution in [2.24, 2.45) is 11.1 Å². The van der Waals surface area contributed by atoms with Crippen LogP contribution >= 0.6 is 0 Å². The zero-order valence-electron chi connectivity index (χ0n) is 17.8. The van der Waals surface area contributed by atoms with Gasteiger partial charge in [-0.1, -0.05) is 32.5 Å². The molecule has 0 spiro atoms. The van der Waals surface area contributed by atoms with E-state index >= 15 is 0 Å². The first-order valence-corrected chi connectivity index (χ1v) is 12.2. The number of aromatic nitrogens is 1. The van der Waals surface area contributed by atoms with Crippen LogP contribution in [0.3, 0.4) is 0 Å². The molecule has 1 aromatic rings. The molecule has 2 heterocycles. The van der Waals surface area contributed by atoms with Crippen molar-refractivity contribution in [2.75, 3.05) is 7.11 Å². The summed E-state index contributed by atoms with van der Waals surface area (Å²) in [6, 6.07) is 3.62. The fraction of sp³-hybridized carbons (Fsp3) is 0.550. The summed E-state index contributed by atoms with van der Waals surface area (Å²) in [5.41, 5.74) is 1.13. The van der Waals surface area contributed by atoms with Gasteiger partial charge in [-0.2, -0.15) is 0 Å². The predicted octanol–water partition coefficient (Wildman–Crippen LogP) is 3.44. The molecule has 0 bridgehead atoms. The fourth-order valence-corrected chi connectivity index (χ4v) is 4.14. The van der Waals surface area contributed by atoms with E-state index in [1.54, 1.807) is 18.5 Å². The van der Waals surface area contributed by atoms with Gasteiger partial charge in [0.2, 0.25) is 5.91 Å². The number of nitrogens with zero attached hydrogens (tertiary/aromatic N) is 2. The Morgan fingerprint density at radius 2 is 2.07 bits per heavy atom. The average Bonchev–Trinajstić information content (AvgIpc) is 2.58. The summed E-state index contributed by atoms with van der Waals surface area (Å²) in [6.45, 7) is 16.7. The number of β-lactam (4-membered cyclic amide) rings is 1. The van der Waals surface area contributed by atoms with Gasteiger partial charge >= 0.3 is 0 Å². The lowest BCUT2D eigenvalue weighted by atomic mass is 9.93. The largest absolute Gasteiger partial charge is 0.468 e. The maximum atomic E-state index is 12.2. The van der Waals surface area contributed by atoms with Crippen LogP contribution in [0.25, 0.3) is 0 Å². The van der Waals surface area contributed by atoms with Gasteiger partial charge in [-0.3, -0.25) is 9.78 Å². The number of amides is 1. The summed E-state index contributed by atoms with van der Waals surface area (Å²) in [5, 5.41) is 6.84. The minimum atomic E-state index is -2.01. The minimum Gasteiger partial charge on any atom is -0.468 e. The Balaban J connectivity index is 2.10. The van der Waals surface area contributed by atoms with Crippen LogP contribution in [-0.2, 0) is 18.8 Å². The number of carbonyl (C=O) groups excluding carboxylic acids is 1. The van der Waals surface area contributed by atoms with E-state index in [0.29, 0.717) is 17.0 Å². The molecule has 28 heavy (non-hydrogen) atoms. The molecule has 0 saturated carbocycles. The molecule has 1 N–H and O–H groups in total. The first kappa shape index (κ1) is 22.1. The maximum Gasteiger partial charge on any atom is 0.234 e. The van der Waals surface area contributed by atoms with Crippen LogP contribution < -0.4 is 5.32 Å². The molecule has 7 nitrogen and oxygen atoms in total. The molecule has 8 heteroatoms. The Morgan fingerprint density at radius 3 is 2.57 bits per heavy atom. The van der Waals surface area contributed by atoms with Crippen molar-refractivity contribution in [2.45, 2.75) is 58.2 Å². The summed E-state index contributed by atoms with van der Waals surface area (Å²) in [7, 11) is -0.558. The third-order valence-corrected chi connectivity index (χ3v) is 9.93. The van der Waals surface area contributed by atoms with Crippen LogP contribution in [0.5, 0.6) is 0 Å². The highest BCUT2D eigenvalue weighted by Crippen LogP contribution is 2.39. The summed E-state index contributed by atoms with van der Waals surface area (Å²) in [4.78, 5) is 21.2. The number of allylic oxidation sites excluding steroid dienone is 1. The molecule has 3 atom stereocenters. The molecule has 0 aromatic carbocycles. The standard InChI is InChI=1S/C20H31N3O4Si/c1-13(27-28(7,8)20(3,4)5)16-18(24)22-19(16)26-14(2)17(23-25-6)15-10-9-11-21-12-15/h9-13,16,19H,2H2,1,3-8H3,(H,22,24)/b23-17-/t13-,16+,19-/m1/s1. The van der Waals surface area contributed by atoms with E-state index in [1.807, 2.05) is 13.0 Å². The number of nitrogens with one attached hydrogen (secondary N) is 1. The average molecular weight is 406 g/mol. The molecule has 1 amide bonds. The molecule has 1 aliphatic rings. The van der Waals surface area contributed by atoms with Gasteiger partial charge in [0.25, 0.3) is 0 Å². The highest BCUT2D eigenvalue weighted by atomic mass is 28.4. The monoisotopic (exact) mass is 405 g/mol. The van der Waals surface area contributed by atoms with Gasteiger partial charge in [-0.05, 0) is 37.2 Å². The van der Waals surface area contributed by atoms with Gasteiger partial charge < -0.3 is 19.3 Å². The SMILES string of the molecule is C=C(O[C@H]1NC(=O)[C@@H]1[C@@H](C)O[Si](C)(C)C(C)(C)C)/C(=N/OC)c1cccnc1. The van der Waals surface area contributed by atoms with E-state index in [2.05, 4.69) is 55.9 Å². The Bertz CT molecular complexity index is 744. The van der Waals surface area contributed by atoms with E-state index in [9.17, 15) is 4.79 Å². The van der Waals surface area contributed by atoms with Crippen molar-refractivity contribution in [1.82, 2.24) is 10.3 Å². The summed E-state index contributed by atoms with van der Waals surface area (Å²) < 4.78 is 12.3. The number of pyridine rings is 1. The van der Waals surface area contributed by atoms with E-state index in [4.69, 9.17) is 14.0 Å². The molecule has 1 aliphatic heterocycles. The van der Waals surface area contributed by atoms with Gasteiger partial charge in [-0.15, -0.1) is 0 Å². The van der Waals surface area contributed by atoms with Crippen molar-refractivity contribution in [1.29, 1.82) is 0 Å². The molecule has 0 radical (unpaired) electrons. The Hall–Kier alpha value is -2.19. The van der Waals surface area contributed by atoms with Crippen molar-refractivity contribution in [3.05, 3.63) is 42.4 Å². The van der Waals surface area contributed by atoms with E-state index in [0.717, 1.165) is 0 Å². The lowest BCUT2D eigenvalue weighted by Crippen LogP contribution is -2.64. The lowest BCUT2D eigenvalue weighted by Gasteiger charge is -2.45. The van der Waals surface area contributed by atoms with Gasteiger partial charge in [0, 0.05) is 18.0 Å². The topological polar surface area (TPSA) is 82.0 Å². The molecule has 0 unspecified atom stereocenters. The van der Waals surface area contributed by atoms with Crippen LogP contribution in [0.2, 0.25) is 18.1 Å². The van der Waals surface area contributed by atoms with Crippen molar-refractivity contribution in [3.63, 3.8) is 0 Å². The van der Waals surface area contributed by atoms with Crippen molar-refractivity contribution < 1.29 is 18.8 Å². The Kier molecular flexibility index (Phi) is 6.66. The second-order valence-corrected chi connectivity index (χ2v) is 13.2. The quantitative estimate of drug-likeness (QED) is 0.235. The second kappa shape index (κ2) is 8.44. The Morgan fingerprint density at radius 1 is 1.39 bits per heavy atom. The smallest absolute Gasteiger partial charge is 0.234 e. The van der Waals surface area contributed by atoms with Gasteiger partial charge in [0.05, 0.1) is 6.10 Å². The van der Waals surface area contributed by atoms with Crippen LogP contribution in [0, 0.1) is 5.92 Å². The molecule has 0 aliphatic carbocycles. The maximum absolute atomic E-state index is 12.2. The molecular weight excluding hydrogens is 374 g/mol. The molecule has 154 valence electrons. The zero-order chi connectivity index (χ0) is 21.1. The Labute approximate surface area is 168 Å². The minimum absolute atomic E-state index is 0.0556. The highest BCUT2D eigenvalue weighted by Gasteiger charge is 2.49. The number of ether oxygens (including phenoxy) is 1. The van der Waals surface area contributed by atoms with E-state index in [1.165, 1.54) is 7.11 Å². The summed E-state index contributed by atoms with van der Waals surface area (Å²) >= 11 is 0. The number of hydrogen-bond donors (Lipinski definition) is 1. The molecule has 1 saturated heterocycles. The second-order valence-electron chi connectivity index (χ2n) is 8.44. The van der Waals surface area contributed by atoms with Gasteiger partial charge in [0.15, 0.2) is 20.3 Å². The molecule has 1 fully saturated rings. The number of carbonyl (C=O) groups is 1. The number of rotatable bonds is 8. The number of oxime groups is 1. The summed E-state index contributed by atoms with van der Waals surface area (Å²) in [6.07, 6.45) is 2.51. The molecule has 2 rings (SSSR count). The van der Waals surface area contributed by atoms with Crippen LogP contribution in [0.1, 0.15) is 33.3 Å². The van der Waals surface area contributed by atoms with E-state index in [-0.39, 0.29) is 17.0 Å². The molecular formula is C20H31N3O4Si. The molecule has 1 aromatic heterocycles. The highest BCUT2D eigenvalue weighted by molar-refractivity contribution is 6.74. The normalized spacial score (nSPS) is 21.4. The van der Waals surface area contributed by atoms with Gasteiger partial charge in [-0.25, -0.2) is 0 Å². The lowest BCUT2D eigenvalue weighted by molar-refractivity contribution is -0.155.